The Morgan fingerprint density at radius 3 is 1.37 bits per heavy atom. The topological polar surface area (TPSA) is 76.3 Å². The fourth-order valence-corrected chi connectivity index (χ4v) is 11.9. The molecule has 12 heteroatoms. The van der Waals surface area contributed by atoms with Crippen LogP contribution in [0.1, 0.15) is 62.1 Å². The van der Waals surface area contributed by atoms with Crippen LogP contribution in [-0.2, 0) is 12.8 Å². The molecule has 0 N–H and O–H groups in total. The lowest BCUT2D eigenvalue weighted by Gasteiger charge is -2.02. The molecule has 0 atom stereocenters. The van der Waals surface area contributed by atoms with Gasteiger partial charge in [0, 0.05) is 49.4 Å². The summed E-state index contributed by atoms with van der Waals surface area (Å²) in [4.78, 5) is 5.40. The summed E-state index contributed by atoms with van der Waals surface area (Å²) in [6.07, 6.45) is 9.97. The van der Waals surface area contributed by atoms with E-state index < -0.39 is 0 Å². The van der Waals surface area contributed by atoms with Gasteiger partial charge in [-0.25, -0.2) is 0 Å². The van der Waals surface area contributed by atoms with Gasteiger partial charge in [0.25, 0.3) is 0 Å². The van der Waals surface area contributed by atoms with Crippen molar-refractivity contribution in [1.82, 2.24) is 17.5 Å². The van der Waals surface area contributed by atoms with Gasteiger partial charge in [-0.1, -0.05) is 39.5 Å². The van der Waals surface area contributed by atoms with Crippen molar-refractivity contribution in [3.63, 3.8) is 0 Å². The molecule has 6 nitrogen and oxygen atoms in total. The molecule has 0 fully saturated rings. The monoisotopic (exact) mass is 714 g/mol. The number of fused-ring (bicyclic) bond motifs is 4. The van der Waals surface area contributed by atoms with Gasteiger partial charge in [0.15, 0.2) is 0 Å². The minimum atomic E-state index is 0.706. The van der Waals surface area contributed by atoms with Crippen LogP contribution < -0.4 is 0 Å². The van der Waals surface area contributed by atoms with Crippen molar-refractivity contribution in [3.05, 3.63) is 58.3 Å². The van der Waals surface area contributed by atoms with E-state index in [2.05, 4.69) is 78.0 Å². The summed E-state index contributed by atoms with van der Waals surface area (Å²) in [5.74, 6) is 0. The fourth-order valence-electron chi connectivity index (χ4n) is 5.76. The van der Waals surface area contributed by atoms with Crippen molar-refractivity contribution in [1.29, 1.82) is 0 Å². The number of rotatable bonds is 12. The molecule has 0 spiro atoms. The van der Waals surface area contributed by atoms with Crippen LogP contribution in [-0.4, -0.2) is 17.5 Å². The van der Waals surface area contributed by atoms with Crippen molar-refractivity contribution < 1.29 is 0 Å². The van der Waals surface area contributed by atoms with Gasteiger partial charge in [-0.15, -0.1) is 55.6 Å². The van der Waals surface area contributed by atoms with Gasteiger partial charge in [0.05, 0.1) is 23.5 Å². The minimum absolute atomic E-state index is 0.706. The number of nitrogens with zero attached hydrogens (tertiary/aromatic N) is 6. The normalized spacial score (nSPS) is 12.3. The molecule has 2 aromatic carbocycles. The molecule has 8 rings (SSSR count). The van der Waals surface area contributed by atoms with Crippen LogP contribution in [0.5, 0.6) is 0 Å². The standard InChI is InChI=1S/C34H30N6S6/c1-3-5-7-9-19-15-27-29(41-19)17-25(43-27)21-11-13-23(33-31(21)37-45-39-33)35-36-24-14-12-22(32-34(24)40-46-38-32)26-18-30-28(44-26)16-20(42-30)10-8-6-4-2/h11-18H,3-10H2,1-2H3. The average molecular weight is 715 g/mol. The van der Waals surface area contributed by atoms with E-state index in [0.29, 0.717) is 11.4 Å². The number of unbranched alkanes of at least 4 members (excludes halogenated alkanes) is 4. The highest BCUT2D eigenvalue weighted by molar-refractivity contribution is 7.30. The Balaban J connectivity index is 1.05. The van der Waals surface area contributed by atoms with Gasteiger partial charge in [0.1, 0.15) is 33.4 Å². The molecule has 0 radical (unpaired) electrons. The number of benzene rings is 2. The van der Waals surface area contributed by atoms with Crippen LogP contribution >= 0.6 is 68.8 Å². The summed E-state index contributed by atoms with van der Waals surface area (Å²) >= 11 is 9.94. The average Bonchev–Trinajstić information content (AvgIpc) is 3.89. The summed E-state index contributed by atoms with van der Waals surface area (Å²) in [6, 6.07) is 17.6. The van der Waals surface area contributed by atoms with Gasteiger partial charge in [0.2, 0.25) is 0 Å². The molecule has 0 aliphatic heterocycles. The number of aromatic nitrogens is 4. The van der Waals surface area contributed by atoms with E-state index in [-0.39, 0.29) is 0 Å². The second kappa shape index (κ2) is 13.2. The zero-order valence-electron chi connectivity index (χ0n) is 25.4. The highest BCUT2D eigenvalue weighted by Crippen LogP contribution is 2.44. The van der Waals surface area contributed by atoms with Crippen LogP contribution in [0.25, 0.3) is 61.7 Å². The van der Waals surface area contributed by atoms with Crippen LogP contribution in [0.3, 0.4) is 0 Å². The van der Waals surface area contributed by atoms with Gasteiger partial charge in [-0.3, -0.25) is 0 Å². The molecular formula is C34H30N6S6. The number of thiophene rings is 4. The van der Waals surface area contributed by atoms with Crippen molar-refractivity contribution in [2.75, 3.05) is 0 Å². The zero-order valence-corrected chi connectivity index (χ0v) is 30.3. The zero-order chi connectivity index (χ0) is 31.0. The van der Waals surface area contributed by atoms with Crippen molar-refractivity contribution in [2.24, 2.45) is 10.2 Å². The predicted molar refractivity (Wildman–Crippen MR) is 203 cm³/mol. The second-order valence-corrected chi connectivity index (χ2v) is 17.0. The molecule has 0 saturated carbocycles. The fraction of sp³-hybridized carbons (Fsp3) is 0.294. The summed E-state index contributed by atoms with van der Waals surface area (Å²) in [7, 11) is 0. The highest BCUT2D eigenvalue weighted by atomic mass is 32.1. The third-order valence-corrected chi connectivity index (χ3v) is 14.0. The highest BCUT2D eigenvalue weighted by Gasteiger charge is 2.18. The van der Waals surface area contributed by atoms with Gasteiger partial charge >= 0.3 is 0 Å². The van der Waals surface area contributed by atoms with Crippen molar-refractivity contribution in [3.8, 4) is 20.9 Å². The lowest BCUT2D eigenvalue weighted by atomic mass is 10.1. The summed E-state index contributed by atoms with van der Waals surface area (Å²) in [6.45, 7) is 4.51. The quantitative estimate of drug-likeness (QED) is 0.0932. The molecule has 0 aliphatic rings. The third kappa shape index (κ3) is 5.84. The maximum absolute atomic E-state index is 4.68. The molecule has 0 unspecified atom stereocenters. The van der Waals surface area contributed by atoms with Crippen LogP contribution in [0.2, 0.25) is 0 Å². The number of hydrogen-bond donors (Lipinski definition) is 0. The Morgan fingerprint density at radius 1 is 0.500 bits per heavy atom. The van der Waals surface area contributed by atoms with Gasteiger partial charge < -0.3 is 0 Å². The van der Waals surface area contributed by atoms with E-state index in [1.54, 1.807) is 0 Å². The first-order chi connectivity index (χ1) is 22.7. The Bertz CT molecular complexity index is 2100. The summed E-state index contributed by atoms with van der Waals surface area (Å²) < 4.78 is 24.0. The maximum Gasteiger partial charge on any atom is 0.132 e. The predicted octanol–water partition coefficient (Wildman–Crippen LogP) is 13.5. The van der Waals surface area contributed by atoms with Gasteiger partial charge in [-0.2, -0.15) is 17.5 Å². The maximum atomic E-state index is 4.68. The van der Waals surface area contributed by atoms with Crippen LogP contribution in [0, 0.1) is 0 Å². The molecule has 232 valence electrons. The van der Waals surface area contributed by atoms with Crippen molar-refractivity contribution >= 4 is 121 Å². The molecule has 6 heterocycles. The first-order valence-electron chi connectivity index (χ1n) is 15.7. The Kier molecular flexibility index (Phi) is 8.74. The molecule has 0 saturated heterocycles. The van der Waals surface area contributed by atoms with E-state index in [4.69, 9.17) is 0 Å². The summed E-state index contributed by atoms with van der Waals surface area (Å²) in [5.41, 5.74) is 6.92. The molecule has 46 heavy (non-hydrogen) atoms. The third-order valence-electron chi connectivity index (χ3n) is 8.15. The lowest BCUT2D eigenvalue weighted by Crippen LogP contribution is -1.80. The van der Waals surface area contributed by atoms with E-state index in [1.807, 2.05) is 57.5 Å². The second-order valence-electron chi connectivity index (χ2n) is 11.4. The molecule has 0 amide bonds. The van der Waals surface area contributed by atoms with E-state index in [9.17, 15) is 0 Å². The first kappa shape index (κ1) is 30.3. The van der Waals surface area contributed by atoms with E-state index in [1.165, 1.54) is 113 Å². The van der Waals surface area contributed by atoms with E-state index >= 15 is 0 Å². The number of aryl methyl sites for hydroxylation is 2. The molecule has 0 bridgehead atoms. The van der Waals surface area contributed by atoms with Crippen LogP contribution in [0.15, 0.2) is 58.8 Å². The number of azo groups is 1. The molecule has 8 aromatic rings. The number of hydrogen-bond acceptors (Lipinski definition) is 12. The Labute approximate surface area is 291 Å². The smallest absolute Gasteiger partial charge is 0.132 e. The van der Waals surface area contributed by atoms with Crippen molar-refractivity contribution in [2.45, 2.75) is 65.2 Å². The lowest BCUT2D eigenvalue weighted by molar-refractivity contribution is 0.723. The van der Waals surface area contributed by atoms with Gasteiger partial charge in [-0.05, 0) is 74.2 Å². The summed E-state index contributed by atoms with van der Waals surface area (Å²) in [5, 5.41) is 9.33. The molecular weight excluding hydrogens is 685 g/mol. The van der Waals surface area contributed by atoms with E-state index in [0.717, 1.165) is 33.2 Å². The Hall–Kier alpha value is -3.00. The molecule has 6 aromatic heterocycles. The molecule has 0 aliphatic carbocycles. The van der Waals surface area contributed by atoms with Crippen LogP contribution in [0.4, 0.5) is 11.4 Å². The minimum Gasteiger partial charge on any atom is -0.172 e. The Morgan fingerprint density at radius 2 is 0.935 bits per heavy atom. The first-order valence-corrected chi connectivity index (χ1v) is 20.4. The SMILES string of the molecule is CCCCCc1cc2sc(-c3ccc(N=Nc4ccc(-c5cc6sc(CCCCC)cc6s5)c5nsnc45)c4nsnc34)cc2s1. The largest absolute Gasteiger partial charge is 0.172 e.